The topological polar surface area (TPSA) is 86.7 Å². The molecule has 1 aromatic rings. The molecule has 0 radical (unpaired) electrons. The van der Waals surface area contributed by atoms with E-state index in [0.717, 1.165) is 4.31 Å². The number of carboxylic acids is 1. The van der Waals surface area contributed by atoms with Crippen LogP contribution in [0, 0.1) is 0 Å². The molecule has 110 valence electrons. The van der Waals surface area contributed by atoms with Gasteiger partial charge in [-0.05, 0) is 37.1 Å². The maximum Gasteiger partial charge on any atom is 0.243 e. The summed E-state index contributed by atoms with van der Waals surface area (Å²) in [5.74, 6) is -0.805. The molecule has 0 spiro atoms. The highest BCUT2D eigenvalue weighted by molar-refractivity contribution is 7.89. The van der Waals surface area contributed by atoms with E-state index in [1.165, 1.54) is 31.4 Å². The highest BCUT2D eigenvalue weighted by Crippen LogP contribution is 2.26. The van der Waals surface area contributed by atoms with Gasteiger partial charge in [0, 0.05) is 6.54 Å². The highest BCUT2D eigenvalue weighted by Gasteiger charge is 2.34. The van der Waals surface area contributed by atoms with E-state index < -0.39 is 22.0 Å². The average molecular weight is 298 g/mol. The van der Waals surface area contributed by atoms with Crippen LogP contribution >= 0.6 is 0 Å². The number of carboxylic acid groups (broad SMARTS) is 1. The summed E-state index contributed by atoms with van der Waals surface area (Å²) in [6.07, 6.45) is 1.63. The van der Waals surface area contributed by atoms with E-state index in [9.17, 15) is 18.3 Å². The molecule has 0 aliphatic carbocycles. The molecule has 1 heterocycles. The van der Waals surface area contributed by atoms with Crippen LogP contribution in [0.1, 0.15) is 19.3 Å². The van der Waals surface area contributed by atoms with Crippen molar-refractivity contribution in [1.82, 2.24) is 4.31 Å². The fourth-order valence-electron chi connectivity index (χ4n) is 2.31. The lowest BCUT2D eigenvalue weighted by molar-refractivity contribution is -0.311. The van der Waals surface area contributed by atoms with Gasteiger partial charge in [0.05, 0.1) is 24.0 Å². The molecule has 0 saturated carbocycles. The van der Waals surface area contributed by atoms with Crippen molar-refractivity contribution in [2.45, 2.75) is 30.2 Å². The minimum absolute atomic E-state index is 0.0615. The van der Waals surface area contributed by atoms with E-state index in [1.807, 2.05) is 0 Å². The van der Waals surface area contributed by atoms with E-state index in [4.69, 9.17) is 4.74 Å². The molecule has 1 aliphatic rings. The fraction of sp³-hybridized carbons (Fsp3) is 0.462. The lowest BCUT2D eigenvalue weighted by Crippen LogP contribution is -2.52. The monoisotopic (exact) mass is 298 g/mol. The molecular formula is C13H16NO5S-. The van der Waals surface area contributed by atoms with Gasteiger partial charge in [0.1, 0.15) is 5.75 Å². The van der Waals surface area contributed by atoms with Crippen LogP contribution in [0.25, 0.3) is 0 Å². The number of carbonyl (C=O) groups excluding carboxylic acids is 1. The normalized spacial score (nSPS) is 20.6. The molecule has 1 aromatic carbocycles. The zero-order valence-corrected chi connectivity index (χ0v) is 11.9. The van der Waals surface area contributed by atoms with E-state index in [0.29, 0.717) is 18.6 Å². The Morgan fingerprint density at radius 3 is 2.50 bits per heavy atom. The molecule has 1 aliphatic heterocycles. The molecule has 0 aromatic heterocycles. The first kappa shape index (κ1) is 14.8. The molecule has 1 atom stereocenters. The van der Waals surface area contributed by atoms with E-state index in [2.05, 4.69) is 0 Å². The number of piperidine rings is 1. The third kappa shape index (κ3) is 2.78. The van der Waals surface area contributed by atoms with Crippen molar-refractivity contribution in [3.05, 3.63) is 24.3 Å². The van der Waals surface area contributed by atoms with Gasteiger partial charge in [-0.15, -0.1) is 0 Å². The number of ether oxygens (including phenoxy) is 1. The van der Waals surface area contributed by atoms with Crippen molar-refractivity contribution in [3.8, 4) is 5.75 Å². The van der Waals surface area contributed by atoms with Crippen molar-refractivity contribution < 1.29 is 23.1 Å². The summed E-state index contributed by atoms with van der Waals surface area (Å²) in [7, 11) is -2.34. The van der Waals surface area contributed by atoms with Gasteiger partial charge in [0.25, 0.3) is 0 Å². The molecule has 2 rings (SSSR count). The Balaban J connectivity index is 2.34. The van der Waals surface area contributed by atoms with Gasteiger partial charge < -0.3 is 14.6 Å². The molecule has 6 nitrogen and oxygen atoms in total. The van der Waals surface area contributed by atoms with Crippen molar-refractivity contribution in [3.63, 3.8) is 0 Å². The molecule has 7 heteroatoms. The quantitative estimate of drug-likeness (QED) is 0.780. The maximum absolute atomic E-state index is 12.5. The predicted molar refractivity (Wildman–Crippen MR) is 69.5 cm³/mol. The van der Waals surface area contributed by atoms with Crippen molar-refractivity contribution in [2.24, 2.45) is 0 Å². The first-order valence-corrected chi connectivity index (χ1v) is 7.77. The van der Waals surface area contributed by atoms with Crippen LogP contribution in [0.5, 0.6) is 5.75 Å². The molecule has 0 amide bonds. The first-order valence-electron chi connectivity index (χ1n) is 6.33. The molecule has 1 fully saturated rings. The van der Waals surface area contributed by atoms with Gasteiger partial charge in [0.2, 0.25) is 10.0 Å². The van der Waals surface area contributed by atoms with E-state index in [-0.39, 0.29) is 17.9 Å². The van der Waals surface area contributed by atoms with Gasteiger partial charge in [0.15, 0.2) is 0 Å². The van der Waals surface area contributed by atoms with Gasteiger partial charge in [-0.3, -0.25) is 0 Å². The van der Waals surface area contributed by atoms with E-state index in [1.54, 1.807) is 0 Å². The summed E-state index contributed by atoms with van der Waals surface area (Å²) < 4.78 is 31.0. The van der Waals surface area contributed by atoms with Crippen LogP contribution in [-0.2, 0) is 14.8 Å². The highest BCUT2D eigenvalue weighted by atomic mass is 32.2. The number of aliphatic carboxylic acids is 1. The minimum Gasteiger partial charge on any atom is -0.548 e. The zero-order chi connectivity index (χ0) is 14.8. The third-order valence-corrected chi connectivity index (χ3v) is 5.31. The average Bonchev–Trinajstić information content (AvgIpc) is 2.47. The molecule has 1 saturated heterocycles. The van der Waals surface area contributed by atoms with Crippen molar-refractivity contribution in [2.75, 3.05) is 13.7 Å². The number of methoxy groups -OCH3 is 1. The first-order chi connectivity index (χ1) is 9.46. The van der Waals surface area contributed by atoms with Gasteiger partial charge in [-0.25, -0.2) is 8.42 Å². The van der Waals surface area contributed by atoms with Crippen LogP contribution in [0.2, 0.25) is 0 Å². The second-order valence-electron chi connectivity index (χ2n) is 4.62. The number of nitrogens with zero attached hydrogens (tertiary/aromatic N) is 1. The van der Waals surface area contributed by atoms with Crippen LogP contribution in [0.3, 0.4) is 0 Å². The Kier molecular flexibility index (Phi) is 4.29. The SMILES string of the molecule is COc1ccc(S(=O)(=O)N2CCCC[C@@H]2C(=O)[O-])cc1. The van der Waals surface area contributed by atoms with Crippen LogP contribution < -0.4 is 9.84 Å². The summed E-state index contributed by atoms with van der Waals surface area (Å²) in [5.41, 5.74) is 0. The number of sulfonamides is 1. The zero-order valence-electron chi connectivity index (χ0n) is 11.1. The van der Waals surface area contributed by atoms with Crippen LogP contribution in [0.15, 0.2) is 29.2 Å². The number of rotatable bonds is 4. The van der Waals surface area contributed by atoms with E-state index >= 15 is 0 Å². The minimum atomic E-state index is -3.82. The predicted octanol–water partition coefficient (Wildman–Crippen LogP) is -0.0117. The second kappa shape index (κ2) is 5.80. The Bertz CT molecular complexity index is 581. The Labute approximate surface area is 118 Å². The number of hydrogen-bond donors (Lipinski definition) is 0. The van der Waals surface area contributed by atoms with Crippen LogP contribution in [-0.4, -0.2) is 38.4 Å². The third-order valence-electron chi connectivity index (χ3n) is 3.39. The largest absolute Gasteiger partial charge is 0.548 e. The smallest absolute Gasteiger partial charge is 0.243 e. The summed E-state index contributed by atoms with van der Waals surface area (Å²) >= 11 is 0. The molecular weight excluding hydrogens is 282 g/mol. The number of carbonyl (C=O) groups is 1. The Hall–Kier alpha value is -1.60. The standard InChI is InChI=1S/C13H17NO5S/c1-19-10-5-7-11(8-6-10)20(17,18)14-9-3-2-4-12(14)13(15)16/h5-8,12H,2-4,9H2,1H3,(H,15,16)/p-1/t12-/m1/s1. The molecule has 0 bridgehead atoms. The molecule has 0 unspecified atom stereocenters. The number of hydrogen-bond acceptors (Lipinski definition) is 5. The second-order valence-corrected chi connectivity index (χ2v) is 6.51. The lowest BCUT2D eigenvalue weighted by Gasteiger charge is -2.35. The summed E-state index contributed by atoms with van der Waals surface area (Å²) in [4.78, 5) is 11.2. The van der Waals surface area contributed by atoms with Crippen molar-refractivity contribution in [1.29, 1.82) is 0 Å². The summed E-state index contributed by atoms with van der Waals surface area (Å²) in [5, 5.41) is 11.1. The van der Waals surface area contributed by atoms with Gasteiger partial charge >= 0.3 is 0 Å². The van der Waals surface area contributed by atoms with Crippen LogP contribution in [0.4, 0.5) is 0 Å². The summed E-state index contributed by atoms with van der Waals surface area (Å²) in [6.45, 7) is 0.201. The Morgan fingerprint density at radius 1 is 1.30 bits per heavy atom. The summed E-state index contributed by atoms with van der Waals surface area (Å²) in [6, 6.07) is 4.80. The maximum atomic E-state index is 12.5. The molecule has 0 N–H and O–H groups in total. The number of benzene rings is 1. The van der Waals surface area contributed by atoms with Gasteiger partial charge in [-0.2, -0.15) is 4.31 Å². The molecule has 20 heavy (non-hydrogen) atoms. The van der Waals surface area contributed by atoms with Gasteiger partial charge in [-0.1, -0.05) is 6.42 Å². The fourth-order valence-corrected chi connectivity index (χ4v) is 3.96. The van der Waals surface area contributed by atoms with Crippen molar-refractivity contribution >= 4 is 16.0 Å². The Morgan fingerprint density at radius 2 is 1.95 bits per heavy atom. The lowest BCUT2D eigenvalue weighted by atomic mass is 10.1.